The highest BCUT2D eigenvalue weighted by atomic mass is 16.6. The topological polar surface area (TPSA) is 127 Å². The van der Waals surface area contributed by atoms with Gasteiger partial charge >= 0.3 is 23.9 Å². The van der Waals surface area contributed by atoms with Gasteiger partial charge in [0, 0.05) is 11.8 Å². The second kappa shape index (κ2) is 12.3. The number of carbonyl (C=O) groups is 4. The summed E-state index contributed by atoms with van der Waals surface area (Å²) >= 11 is 0. The molecule has 0 radical (unpaired) electrons. The number of esters is 2. The fourth-order valence-electron chi connectivity index (χ4n) is 5.21. The number of benzene rings is 2. The fourth-order valence-corrected chi connectivity index (χ4v) is 5.21. The van der Waals surface area contributed by atoms with Gasteiger partial charge in [0.15, 0.2) is 11.8 Å². The smallest absolute Gasteiger partial charge is 0.320 e. The predicted molar refractivity (Wildman–Crippen MR) is 131 cm³/mol. The maximum Gasteiger partial charge on any atom is 0.320 e. The zero-order valence-corrected chi connectivity index (χ0v) is 20.5. The molecule has 2 aromatic carbocycles. The number of carbonyl (C=O) groups excluding carboxylic acids is 2. The van der Waals surface area contributed by atoms with E-state index < -0.39 is 41.6 Å². The third kappa shape index (κ3) is 5.93. The van der Waals surface area contributed by atoms with Crippen molar-refractivity contribution in [3.05, 3.63) is 70.8 Å². The normalized spacial score (nSPS) is 17.6. The van der Waals surface area contributed by atoms with Gasteiger partial charge in [-0.2, -0.15) is 0 Å². The molecule has 0 fully saturated rings. The first kappa shape index (κ1) is 26.9. The number of hydrogen-bond acceptors (Lipinski definition) is 6. The van der Waals surface area contributed by atoms with Crippen LogP contribution in [0, 0.1) is 11.8 Å². The number of fused-ring (bicyclic) bond motifs is 2. The van der Waals surface area contributed by atoms with E-state index in [0.717, 1.165) is 36.0 Å². The molecule has 2 aliphatic carbocycles. The van der Waals surface area contributed by atoms with Crippen molar-refractivity contribution in [1.82, 2.24) is 0 Å². The van der Waals surface area contributed by atoms with Gasteiger partial charge in [-0.05, 0) is 61.8 Å². The van der Waals surface area contributed by atoms with Crippen molar-refractivity contribution >= 4 is 23.9 Å². The summed E-state index contributed by atoms with van der Waals surface area (Å²) in [6.45, 7) is 4.01. The van der Waals surface area contributed by atoms with E-state index in [1.165, 1.54) is 5.56 Å². The van der Waals surface area contributed by atoms with Crippen molar-refractivity contribution in [3.63, 3.8) is 0 Å². The lowest BCUT2D eigenvalue weighted by molar-refractivity contribution is -0.163. The summed E-state index contributed by atoms with van der Waals surface area (Å²) in [5.74, 6) is -6.18. The van der Waals surface area contributed by atoms with E-state index in [2.05, 4.69) is 0 Å². The lowest BCUT2D eigenvalue weighted by Crippen LogP contribution is -2.32. The van der Waals surface area contributed by atoms with E-state index in [4.69, 9.17) is 19.7 Å². The molecular weight excluding hydrogens is 464 g/mol. The molecule has 8 heteroatoms. The monoisotopic (exact) mass is 496 g/mol. The van der Waals surface area contributed by atoms with Gasteiger partial charge in [-0.15, -0.1) is 0 Å². The molecule has 2 atom stereocenters. The van der Waals surface area contributed by atoms with Gasteiger partial charge in [-0.25, -0.2) is 0 Å². The first-order valence-corrected chi connectivity index (χ1v) is 12.2. The van der Waals surface area contributed by atoms with Gasteiger partial charge in [-0.3, -0.25) is 19.2 Å². The van der Waals surface area contributed by atoms with Crippen molar-refractivity contribution in [2.45, 2.75) is 51.4 Å². The van der Waals surface area contributed by atoms with Crippen LogP contribution >= 0.6 is 0 Å². The Labute approximate surface area is 210 Å². The number of carboxylic acids is 2. The Bertz CT molecular complexity index is 1080. The minimum Gasteiger partial charge on any atom is -0.481 e. The Morgan fingerprint density at radius 2 is 1.11 bits per heavy atom. The second-order valence-corrected chi connectivity index (χ2v) is 8.82. The lowest BCUT2D eigenvalue weighted by Gasteiger charge is -2.21. The van der Waals surface area contributed by atoms with Gasteiger partial charge in [0.2, 0.25) is 0 Å². The molecule has 2 N–H and O–H groups in total. The molecule has 0 aliphatic heterocycles. The predicted octanol–water partition coefficient (Wildman–Crippen LogP) is 3.96. The summed E-state index contributed by atoms with van der Waals surface area (Å²) in [5.41, 5.74) is 4.21. The number of aryl methyl sites for hydroxylation is 2. The summed E-state index contributed by atoms with van der Waals surface area (Å²) in [7, 11) is 0. The molecule has 0 spiro atoms. The van der Waals surface area contributed by atoms with Crippen molar-refractivity contribution in [3.8, 4) is 0 Å². The van der Waals surface area contributed by atoms with E-state index in [-0.39, 0.29) is 19.1 Å². The summed E-state index contributed by atoms with van der Waals surface area (Å²) in [5, 5.41) is 17.9. The zero-order valence-electron chi connectivity index (χ0n) is 20.5. The Balaban J connectivity index is 0.000000205. The van der Waals surface area contributed by atoms with Gasteiger partial charge in [0.25, 0.3) is 0 Å². The fraction of sp³-hybridized carbons (Fsp3) is 0.429. The number of rotatable bonds is 8. The van der Waals surface area contributed by atoms with Crippen LogP contribution in [0.4, 0.5) is 0 Å². The third-order valence-electron chi connectivity index (χ3n) is 6.78. The highest BCUT2D eigenvalue weighted by Crippen LogP contribution is 2.40. The van der Waals surface area contributed by atoms with E-state index >= 15 is 0 Å². The van der Waals surface area contributed by atoms with Crippen LogP contribution in [0.5, 0.6) is 0 Å². The Morgan fingerprint density at radius 3 is 1.50 bits per heavy atom. The molecule has 0 amide bonds. The van der Waals surface area contributed by atoms with Crippen LogP contribution in [0.2, 0.25) is 0 Å². The van der Waals surface area contributed by atoms with Crippen LogP contribution < -0.4 is 0 Å². The SMILES string of the molecule is CCOC(=O)C(C(=O)OCC)C1CCc2ccccc21.O=C(O)C(C(=O)O)C1CCc2ccccc21. The van der Waals surface area contributed by atoms with Gasteiger partial charge in [0.1, 0.15) is 0 Å². The first-order valence-electron chi connectivity index (χ1n) is 12.2. The van der Waals surface area contributed by atoms with Crippen LogP contribution in [0.1, 0.15) is 60.8 Å². The van der Waals surface area contributed by atoms with Crippen LogP contribution in [-0.4, -0.2) is 47.3 Å². The van der Waals surface area contributed by atoms with Crippen molar-refractivity contribution < 1.29 is 38.9 Å². The molecule has 36 heavy (non-hydrogen) atoms. The maximum atomic E-state index is 12.1. The minimum atomic E-state index is -1.33. The van der Waals surface area contributed by atoms with Crippen molar-refractivity contribution in [1.29, 1.82) is 0 Å². The molecule has 0 heterocycles. The van der Waals surface area contributed by atoms with E-state index in [9.17, 15) is 19.2 Å². The minimum absolute atomic E-state index is 0.135. The van der Waals surface area contributed by atoms with E-state index in [1.54, 1.807) is 13.8 Å². The average Bonchev–Trinajstić information content (AvgIpc) is 3.45. The summed E-state index contributed by atoms with van der Waals surface area (Å²) < 4.78 is 10.1. The highest BCUT2D eigenvalue weighted by Gasteiger charge is 2.41. The molecule has 4 rings (SSSR count). The first-order chi connectivity index (χ1) is 17.3. The Kier molecular flexibility index (Phi) is 9.22. The second-order valence-electron chi connectivity index (χ2n) is 8.82. The van der Waals surface area contributed by atoms with Crippen LogP contribution in [-0.2, 0) is 41.5 Å². The molecule has 0 aromatic heterocycles. The molecule has 2 aliphatic rings. The third-order valence-corrected chi connectivity index (χ3v) is 6.78. The van der Waals surface area contributed by atoms with Gasteiger partial charge in [-0.1, -0.05) is 48.5 Å². The van der Waals surface area contributed by atoms with Crippen molar-refractivity contribution in [2.75, 3.05) is 13.2 Å². The lowest BCUT2D eigenvalue weighted by atomic mass is 9.87. The van der Waals surface area contributed by atoms with Crippen LogP contribution in [0.3, 0.4) is 0 Å². The molecule has 8 nitrogen and oxygen atoms in total. The molecule has 0 saturated heterocycles. The largest absolute Gasteiger partial charge is 0.481 e. The number of carboxylic acid groups (broad SMARTS) is 2. The quantitative estimate of drug-likeness (QED) is 0.415. The molecule has 2 aromatic rings. The average molecular weight is 497 g/mol. The summed E-state index contributed by atoms with van der Waals surface area (Å²) in [6.07, 6.45) is 3.03. The van der Waals surface area contributed by atoms with Crippen LogP contribution in [0.25, 0.3) is 0 Å². The standard InChI is InChI=1S/C16H20O4.C12H12O4/c1-3-19-15(17)14(16(18)20-4-2)13-10-9-11-7-5-6-8-12(11)13;13-11(14)10(12(15)16)9-6-5-7-3-1-2-4-8(7)9/h5-8,13-14H,3-4,9-10H2,1-2H3;1-4,9-10H,5-6H2,(H,13,14)(H,15,16). The van der Waals surface area contributed by atoms with Crippen molar-refractivity contribution in [2.24, 2.45) is 11.8 Å². The molecule has 192 valence electrons. The molecule has 0 saturated carbocycles. The maximum absolute atomic E-state index is 12.1. The summed E-state index contributed by atoms with van der Waals surface area (Å²) in [6, 6.07) is 15.4. The Hall–Kier alpha value is -3.68. The zero-order chi connectivity index (χ0) is 26.2. The Morgan fingerprint density at radius 1 is 0.722 bits per heavy atom. The number of hydrogen-bond donors (Lipinski definition) is 2. The highest BCUT2D eigenvalue weighted by molar-refractivity contribution is 5.96. The summed E-state index contributed by atoms with van der Waals surface area (Å²) in [4.78, 5) is 46.2. The molecular formula is C28H32O8. The number of ether oxygens (including phenoxy) is 2. The number of aliphatic carboxylic acids is 2. The van der Waals surface area contributed by atoms with E-state index in [1.807, 2.05) is 48.5 Å². The molecule has 2 unspecified atom stereocenters. The van der Waals surface area contributed by atoms with Gasteiger partial charge in [0.05, 0.1) is 13.2 Å². The van der Waals surface area contributed by atoms with Crippen LogP contribution in [0.15, 0.2) is 48.5 Å². The van der Waals surface area contributed by atoms with Gasteiger partial charge < -0.3 is 19.7 Å². The van der Waals surface area contributed by atoms with E-state index in [0.29, 0.717) is 6.42 Å². The molecule has 0 bridgehead atoms.